The molecule has 12 heteroatoms. The molecule has 1 aromatic heterocycles. The molecule has 0 fully saturated rings. The van der Waals surface area contributed by atoms with E-state index in [1.165, 1.54) is 0 Å². The lowest BCUT2D eigenvalue weighted by Gasteiger charge is -2.26. The van der Waals surface area contributed by atoms with E-state index in [2.05, 4.69) is 20.9 Å². The average Bonchev–Trinajstić information content (AvgIpc) is 3.43. The van der Waals surface area contributed by atoms with E-state index in [4.69, 9.17) is 4.74 Å². The van der Waals surface area contributed by atoms with Gasteiger partial charge in [0.25, 0.3) is 0 Å². The molecule has 0 aliphatic carbocycles. The molecule has 0 saturated carbocycles. The number of amides is 3. The fraction of sp³-hybridized carbons (Fsp3) is 0.242. The van der Waals surface area contributed by atoms with Crippen LogP contribution in [-0.2, 0) is 60.9 Å². The average molecular weight is 989 g/mol. The van der Waals surface area contributed by atoms with Gasteiger partial charge in [-0.1, -0.05) is 152 Å². The fourth-order valence-electron chi connectivity index (χ4n) is 9.31. The van der Waals surface area contributed by atoms with Gasteiger partial charge < -0.3 is 25.8 Å². The molecule has 12 nitrogen and oxygen atoms in total. The van der Waals surface area contributed by atoms with Crippen molar-refractivity contribution in [3.8, 4) is 28.0 Å². The van der Waals surface area contributed by atoms with Crippen molar-refractivity contribution in [2.24, 2.45) is 11.8 Å². The van der Waals surface area contributed by atoms with Crippen LogP contribution in [0.15, 0.2) is 188 Å². The largest absolute Gasteiger partial charge is 0.486 e. The minimum Gasteiger partial charge on any atom is -0.486 e. The number of aryl methyl sites for hydroxylation is 2. The van der Waals surface area contributed by atoms with E-state index in [-0.39, 0.29) is 57.3 Å². The zero-order valence-corrected chi connectivity index (χ0v) is 41.1. The highest BCUT2D eigenvalue weighted by atomic mass is 16.5. The maximum absolute atomic E-state index is 14.9. The highest BCUT2D eigenvalue weighted by Gasteiger charge is 2.34. The smallest absolute Gasteiger partial charge is 0.326 e. The first-order valence-electron chi connectivity index (χ1n) is 25.1. The molecule has 74 heavy (non-hydrogen) atoms. The Morgan fingerprint density at radius 1 is 0.568 bits per heavy atom. The van der Waals surface area contributed by atoms with Crippen LogP contribution in [0.3, 0.4) is 0 Å². The zero-order valence-electron chi connectivity index (χ0n) is 41.1. The van der Waals surface area contributed by atoms with Crippen molar-refractivity contribution in [2.45, 2.75) is 75.9 Å². The minimum atomic E-state index is -1.24. The molecule has 2 aliphatic heterocycles. The minimum absolute atomic E-state index is 0.0508. The van der Waals surface area contributed by atoms with Gasteiger partial charge in [-0.15, -0.1) is 0 Å². The van der Waals surface area contributed by atoms with Gasteiger partial charge in [0.15, 0.2) is 11.6 Å². The quantitative estimate of drug-likeness (QED) is 0.0781. The summed E-state index contributed by atoms with van der Waals surface area (Å²) >= 11 is 0. The van der Waals surface area contributed by atoms with Gasteiger partial charge in [-0.05, 0) is 113 Å². The summed E-state index contributed by atoms with van der Waals surface area (Å²) in [6.07, 6.45) is 4.29. The van der Waals surface area contributed by atoms with Crippen LogP contribution in [0, 0.1) is 11.8 Å². The normalized spacial score (nSPS) is 18.1. The first-order chi connectivity index (χ1) is 36.0. The Kier molecular flexibility index (Phi) is 18.0. The number of carbonyl (C=O) groups is 6. The van der Waals surface area contributed by atoms with Gasteiger partial charge in [0.2, 0.25) is 17.7 Å². The third kappa shape index (κ3) is 15.0. The number of hydrogen-bond donors (Lipinski definition) is 4. The van der Waals surface area contributed by atoms with Crippen molar-refractivity contribution in [2.75, 3.05) is 6.61 Å². The molecule has 0 spiro atoms. The number of aliphatic carboxylic acids is 1. The first kappa shape index (κ1) is 51.8. The van der Waals surface area contributed by atoms with Crippen LogP contribution >= 0.6 is 0 Å². The van der Waals surface area contributed by atoms with Gasteiger partial charge in [-0.25, -0.2) is 4.79 Å². The number of aromatic nitrogens is 1. The lowest BCUT2D eigenvalue weighted by molar-refractivity contribution is -0.143. The molecule has 376 valence electrons. The van der Waals surface area contributed by atoms with E-state index in [0.29, 0.717) is 24.2 Å². The van der Waals surface area contributed by atoms with E-state index >= 15 is 0 Å². The molecular weight excluding hydrogens is 929 g/mol. The van der Waals surface area contributed by atoms with E-state index < -0.39 is 59.4 Å². The predicted molar refractivity (Wildman–Crippen MR) is 284 cm³/mol. The SMILES string of the molecule is O=C1COc2ccc(cc2)C[C@@H](C(=O)N[C@@H](CCc2ccccc2)C(=O)O)CC(=O)[C@H](CCc2ccccc2)NC(=O)[C@@H](Cc2ccc(-c3ccccc3)cc2)NC(=O)[C@H](Cc2ccc(-c3ccncc3)cc2)C1. The Bertz CT molecular complexity index is 2970. The van der Waals surface area contributed by atoms with Gasteiger partial charge >= 0.3 is 5.97 Å². The van der Waals surface area contributed by atoms with Crippen molar-refractivity contribution in [1.82, 2.24) is 20.9 Å². The van der Waals surface area contributed by atoms with Crippen LogP contribution in [0.4, 0.5) is 0 Å². The number of benzene rings is 6. The van der Waals surface area contributed by atoms with Gasteiger partial charge in [-0.2, -0.15) is 0 Å². The van der Waals surface area contributed by atoms with Crippen molar-refractivity contribution in [3.05, 3.63) is 216 Å². The first-order valence-corrected chi connectivity index (χ1v) is 25.1. The summed E-state index contributed by atoms with van der Waals surface area (Å²) in [4.78, 5) is 89.5. The Hall–Kier alpha value is -8.51. The van der Waals surface area contributed by atoms with Crippen molar-refractivity contribution in [1.29, 1.82) is 0 Å². The van der Waals surface area contributed by atoms with Gasteiger partial charge in [0.1, 0.15) is 24.4 Å². The summed E-state index contributed by atoms with van der Waals surface area (Å²) in [5, 5.41) is 19.0. The highest BCUT2D eigenvalue weighted by Crippen LogP contribution is 2.25. The fourth-order valence-corrected chi connectivity index (χ4v) is 9.31. The number of carbonyl (C=O) groups excluding carboxylic acids is 5. The molecule has 2 bridgehead atoms. The molecule has 6 aromatic carbocycles. The third-order valence-electron chi connectivity index (χ3n) is 13.5. The Morgan fingerprint density at radius 3 is 1.72 bits per heavy atom. The molecule has 0 saturated heterocycles. The van der Waals surface area contributed by atoms with Gasteiger partial charge in [0, 0.05) is 43.5 Å². The second-order valence-corrected chi connectivity index (χ2v) is 18.9. The number of rotatable bonds is 15. The van der Waals surface area contributed by atoms with Gasteiger partial charge in [0.05, 0.1) is 6.04 Å². The van der Waals surface area contributed by atoms with E-state index in [9.17, 15) is 33.9 Å². The number of nitrogens with one attached hydrogen (secondary N) is 3. The zero-order chi connectivity index (χ0) is 51.7. The number of ketones is 2. The second kappa shape index (κ2) is 25.7. The Morgan fingerprint density at radius 2 is 1.11 bits per heavy atom. The highest BCUT2D eigenvalue weighted by molar-refractivity contribution is 5.96. The predicted octanol–water partition coefficient (Wildman–Crippen LogP) is 8.79. The summed E-state index contributed by atoms with van der Waals surface area (Å²) in [7, 11) is 0. The van der Waals surface area contributed by atoms with Crippen molar-refractivity contribution >= 4 is 35.3 Å². The molecule has 4 N–H and O–H groups in total. The number of Topliss-reactive ketones (excluding diaryl/α,β-unsaturated/α-hetero) is 2. The maximum atomic E-state index is 14.9. The van der Waals surface area contributed by atoms with E-state index in [1.807, 2.05) is 152 Å². The Labute approximate surface area is 431 Å². The molecule has 3 heterocycles. The number of carboxylic acids is 1. The lowest BCUT2D eigenvalue weighted by atomic mass is 9.89. The third-order valence-corrected chi connectivity index (χ3v) is 13.5. The van der Waals surface area contributed by atoms with Crippen LogP contribution in [-0.4, -0.2) is 70.1 Å². The van der Waals surface area contributed by atoms with Crippen LogP contribution < -0.4 is 20.7 Å². The molecule has 9 rings (SSSR count). The molecular formula is C62H60N4O8. The molecule has 2 aliphatic rings. The summed E-state index contributed by atoms with van der Waals surface area (Å²) in [6.45, 7) is -0.329. The number of fused-ring (bicyclic) bond motifs is 16. The molecule has 0 unspecified atom stereocenters. The number of pyridine rings is 1. The van der Waals surface area contributed by atoms with Crippen LogP contribution in [0.1, 0.15) is 53.5 Å². The van der Waals surface area contributed by atoms with Crippen molar-refractivity contribution < 1.29 is 38.6 Å². The molecule has 0 radical (unpaired) electrons. The number of nitrogens with zero attached hydrogens (tertiary/aromatic N) is 1. The molecule has 5 atom stereocenters. The summed E-state index contributed by atoms with van der Waals surface area (Å²) in [5.74, 6) is -5.29. The van der Waals surface area contributed by atoms with E-state index in [1.54, 1.807) is 36.7 Å². The summed E-state index contributed by atoms with van der Waals surface area (Å²) in [5.41, 5.74) is 7.96. The summed E-state index contributed by atoms with van der Waals surface area (Å²) in [6, 6.07) is 51.3. The topological polar surface area (TPSA) is 181 Å². The standard InChI is InChI=1S/C62H60N4O8/c67-53-39-51(36-44-16-24-49(25-17-44)50-32-34-63-35-33-50)59(69)66-57(38-46-18-26-48(27-19-46)47-14-8-3-9-15-47)61(71)64-55(30-22-42-10-4-1-5-11-42)58(68)40-52(37-45-20-28-54(29-21-45)74-41-53)60(70)65-56(62(72)73)31-23-43-12-6-2-7-13-43/h1-21,24-29,32-35,51-52,55-57H,22-23,30-31,36-41H2,(H,64,71)(H,65,70)(H,66,69)(H,72,73)/t51-,52-,55+,56+,57-/m1/s1. The lowest BCUT2D eigenvalue weighted by Crippen LogP contribution is -2.54. The maximum Gasteiger partial charge on any atom is 0.326 e. The molecule has 7 aromatic rings. The second-order valence-electron chi connectivity index (χ2n) is 18.9. The number of ether oxygens (including phenoxy) is 1. The Balaban J connectivity index is 1.11. The number of carboxylic acid groups (broad SMARTS) is 1. The van der Waals surface area contributed by atoms with Gasteiger partial charge in [-0.3, -0.25) is 29.0 Å². The monoisotopic (exact) mass is 988 g/mol. The number of hydrogen-bond acceptors (Lipinski definition) is 8. The van der Waals surface area contributed by atoms with Crippen LogP contribution in [0.25, 0.3) is 22.3 Å². The van der Waals surface area contributed by atoms with Crippen LogP contribution in [0.2, 0.25) is 0 Å². The molecule has 3 amide bonds. The van der Waals surface area contributed by atoms with Crippen molar-refractivity contribution in [3.63, 3.8) is 0 Å². The van der Waals surface area contributed by atoms with E-state index in [0.717, 1.165) is 44.5 Å². The summed E-state index contributed by atoms with van der Waals surface area (Å²) < 4.78 is 5.96. The van der Waals surface area contributed by atoms with Crippen LogP contribution in [0.5, 0.6) is 5.75 Å².